The highest BCUT2D eigenvalue weighted by atomic mass is 32.1. The van der Waals surface area contributed by atoms with Crippen molar-refractivity contribution in [3.05, 3.63) is 22.4 Å². The van der Waals surface area contributed by atoms with E-state index in [9.17, 15) is 0 Å². The Hall–Kier alpha value is -0.340. The molecule has 1 aromatic rings. The Labute approximate surface area is 122 Å². The molecule has 0 bridgehead atoms. The topological polar surface area (TPSA) is 12.0 Å². The number of thiophene rings is 1. The van der Waals surface area contributed by atoms with E-state index in [-0.39, 0.29) is 0 Å². The number of rotatable bonds is 8. The molecule has 2 rings (SSSR count). The molecule has 1 saturated carbocycles. The van der Waals surface area contributed by atoms with Crippen molar-refractivity contribution in [2.24, 2.45) is 11.8 Å². The Morgan fingerprint density at radius 3 is 2.89 bits per heavy atom. The SMILES string of the molecule is CCCNC(CCc1ccsc1)C1CCC(CC)C1. The highest BCUT2D eigenvalue weighted by Crippen LogP contribution is 2.36. The van der Waals surface area contributed by atoms with E-state index in [4.69, 9.17) is 0 Å². The van der Waals surface area contributed by atoms with E-state index in [2.05, 4.69) is 36.0 Å². The Morgan fingerprint density at radius 2 is 2.26 bits per heavy atom. The molecule has 1 nitrogen and oxygen atoms in total. The van der Waals surface area contributed by atoms with Crippen molar-refractivity contribution in [3.63, 3.8) is 0 Å². The van der Waals surface area contributed by atoms with Gasteiger partial charge in [0.15, 0.2) is 0 Å². The fraction of sp³-hybridized carbons (Fsp3) is 0.765. The maximum Gasteiger partial charge on any atom is 0.00985 e. The first-order chi connectivity index (χ1) is 9.33. The second kappa shape index (κ2) is 8.06. The lowest BCUT2D eigenvalue weighted by Crippen LogP contribution is -2.36. The van der Waals surface area contributed by atoms with Crippen molar-refractivity contribution in [1.82, 2.24) is 5.32 Å². The predicted octanol–water partition coefficient (Wildman–Crippen LogP) is 4.88. The molecule has 0 aromatic carbocycles. The van der Waals surface area contributed by atoms with Crippen molar-refractivity contribution < 1.29 is 0 Å². The summed E-state index contributed by atoms with van der Waals surface area (Å²) in [5.41, 5.74) is 1.53. The minimum absolute atomic E-state index is 0.747. The van der Waals surface area contributed by atoms with Gasteiger partial charge in [0, 0.05) is 6.04 Å². The fourth-order valence-corrected chi connectivity index (χ4v) is 4.14. The average Bonchev–Trinajstić information content (AvgIpc) is 3.09. The van der Waals surface area contributed by atoms with Gasteiger partial charge in [-0.3, -0.25) is 0 Å². The smallest absolute Gasteiger partial charge is 0.00985 e. The third-order valence-corrected chi connectivity index (χ3v) is 5.44. The summed E-state index contributed by atoms with van der Waals surface area (Å²) >= 11 is 1.82. The van der Waals surface area contributed by atoms with Gasteiger partial charge >= 0.3 is 0 Å². The quantitative estimate of drug-likeness (QED) is 0.715. The summed E-state index contributed by atoms with van der Waals surface area (Å²) < 4.78 is 0. The molecule has 0 saturated heterocycles. The summed E-state index contributed by atoms with van der Waals surface area (Å²) in [6, 6.07) is 3.03. The molecule has 2 heteroatoms. The standard InChI is InChI=1S/C17H29NS/c1-3-10-18-17(8-6-15-9-11-19-13-15)16-7-5-14(4-2)12-16/h9,11,13-14,16-18H,3-8,10,12H2,1-2H3. The maximum atomic E-state index is 3.82. The second-order valence-electron chi connectivity index (χ2n) is 6.08. The molecule has 1 aromatic heterocycles. The van der Waals surface area contributed by atoms with Crippen molar-refractivity contribution in [2.75, 3.05) is 6.54 Å². The molecule has 0 aliphatic heterocycles. The van der Waals surface area contributed by atoms with Crippen LogP contribution in [0.15, 0.2) is 16.8 Å². The van der Waals surface area contributed by atoms with Gasteiger partial charge in [0.25, 0.3) is 0 Å². The van der Waals surface area contributed by atoms with Gasteiger partial charge in [0.05, 0.1) is 0 Å². The van der Waals surface area contributed by atoms with Crippen molar-refractivity contribution in [3.8, 4) is 0 Å². The average molecular weight is 279 g/mol. The summed E-state index contributed by atoms with van der Waals surface area (Å²) in [5.74, 6) is 1.92. The van der Waals surface area contributed by atoms with E-state index in [0.29, 0.717) is 0 Å². The van der Waals surface area contributed by atoms with Gasteiger partial charge in [0.2, 0.25) is 0 Å². The van der Waals surface area contributed by atoms with Crippen LogP contribution in [0.2, 0.25) is 0 Å². The largest absolute Gasteiger partial charge is 0.314 e. The molecule has 0 spiro atoms. The van der Waals surface area contributed by atoms with Crippen molar-refractivity contribution >= 4 is 11.3 Å². The molecule has 3 atom stereocenters. The first-order valence-corrected chi connectivity index (χ1v) is 9.02. The van der Waals surface area contributed by atoms with Crippen molar-refractivity contribution in [1.29, 1.82) is 0 Å². The second-order valence-corrected chi connectivity index (χ2v) is 6.86. The van der Waals surface area contributed by atoms with Gasteiger partial charge < -0.3 is 5.32 Å². The van der Waals surface area contributed by atoms with E-state index in [1.54, 1.807) is 0 Å². The van der Waals surface area contributed by atoms with E-state index in [1.165, 1.54) is 57.1 Å². The summed E-state index contributed by atoms with van der Waals surface area (Å²) in [6.45, 7) is 5.81. The normalized spacial score (nSPS) is 24.7. The van der Waals surface area contributed by atoms with Gasteiger partial charge in [-0.1, -0.05) is 26.7 Å². The molecule has 1 aliphatic carbocycles. The number of aryl methyl sites for hydroxylation is 1. The van der Waals surface area contributed by atoms with E-state index < -0.39 is 0 Å². The molecular weight excluding hydrogens is 250 g/mol. The van der Waals surface area contributed by atoms with Gasteiger partial charge in [0.1, 0.15) is 0 Å². The summed E-state index contributed by atoms with van der Waals surface area (Å²) in [5, 5.41) is 8.33. The van der Waals surface area contributed by atoms with Gasteiger partial charge in [-0.05, 0) is 72.9 Å². The third-order valence-electron chi connectivity index (χ3n) is 4.71. The molecule has 19 heavy (non-hydrogen) atoms. The highest BCUT2D eigenvalue weighted by molar-refractivity contribution is 7.07. The predicted molar refractivity (Wildman–Crippen MR) is 85.8 cm³/mol. The molecule has 0 radical (unpaired) electrons. The first-order valence-electron chi connectivity index (χ1n) is 8.07. The molecule has 0 amide bonds. The van der Waals surface area contributed by atoms with Gasteiger partial charge in [-0.25, -0.2) is 0 Å². The summed E-state index contributed by atoms with van der Waals surface area (Å²) in [6.07, 6.45) is 9.56. The Kier molecular flexibility index (Phi) is 6.39. The van der Waals surface area contributed by atoms with Crippen molar-refractivity contribution in [2.45, 2.75) is 64.8 Å². The van der Waals surface area contributed by atoms with E-state index in [0.717, 1.165) is 17.9 Å². The zero-order valence-corrected chi connectivity index (χ0v) is 13.3. The van der Waals surface area contributed by atoms with E-state index in [1.807, 2.05) is 11.3 Å². The zero-order valence-electron chi connectivity index (χ0n) is 12.5. The van der Waals surface area contributed by atoms with Crippen LogP contribution in [0.3, 0.4) is 0 Å². The van der Waals surface area contributed by atoms with Crippen LogP contribution in [0.1, 0.15) is 57.9 Å². The van der Waals surface area contributed by atoms with Crippen LogP contribution in [0, 0.1) is 11.8 Å². The van der Waals surface area contributed by atoms with Crippen LogP contribution in [-0.4, -0.2) is 12.6 Å². The monoisotopic (exact) mass is 279 g/mol. The minimum atomic E-state index is 0.747. The highest BCUT2D eigenvalue weighted by Gasteiger charge is 2.29. The fourth-order valence-electron chi connectivity index (χ4n) is 3.44. The first kappa shape index (κ1) is 15.1. The van der Waals surface area contributed by atoms with Crippen LogP contribution in [0.5, 0.6) is 0 Å². The molecule has 1 aliphatic rings. The van der Waals surface area contributed by atoms with Crippen LogP contribution < -0.4 is 5.32 Å². The molecule has 108 valence electrons. The molecule has 1 N–H and O–H groups in total. The molecule has 1 heterocycles. The van der Waals surface area contributed by atoms with Crippen LogP contribution >= 0.6 is 11.3 Å². The number of nitrogens with one attached hydrogen (secondary N) is 1. The molecular formula is C17H29NS. The van der Waals surface area contributed by atoms with Crippen LogP contribution in [0.25, 0.3) is 0 Å². The maximum absolute atomic E-state index is 3.82. The lowest BCUT2D eigenvalue weighted by molar-refractivity contribution is 0.330. The van der Waals surface area contributed by atoms with E-state index >= 15 is 0 Å². The summed E-state index contributed by atoms with van der Waals surface area (Å²) in [7, 11) is 0. The van der Waals surface area contributed by atoms with Gasteiger partial charge in [-0.15, -0.1) is 0 Å². The number of hydrogen-bond donors (Lipinski definition) is 1. The number of hydrogen-bond acceptors (Lipinski definition) is 2. The minimum Gasteiger partial charge on any atom is -0.314 e. The van der Waals surface area contributed by atoms with Gasteiger partial charge in [-0.2, -0.15) is 11.3 Å². The van der Waals surface area contributed by atoms with Crippen LogP contribution in [-0.2, 0) is 6.42 Å². The molecule has 3 unspecified atom stereocenters. The third kappa shape index (κ3) is 4.61. The summed E-state index contributed by atoms with van der Waals surface area (Å²) in [4.78, 5) is 0. The Morgan fingerprint density at radius 1 is 1.37 bits per heavy atom. The van der Waals surface area contributed by atoms with Crippen LogP contribution in [0.4, 0.5) is 0 Å². The Balaban J connectivity index is 1.84. The zero-order chi connectivity index (χ0) is 13.5. The lowest BCUT2D eigenvalue weighted by Gasteiger charge is -2.25. The Bertz CT molecular complexity index is 333. The molecule has 1 fully saturated rings. The lowest BCUT2D eigenvalue weighted by atomic mass is 9.91.